The van der Waals surface area contributed by atoms with Crippen molar-refractivity contribution in [2.75, 3.05) is 19.8 Å². The maximum Gasteiger partial charge on any atom is 0.307 e. The summed E-state index contributed by atoms with van der Waals surface area (Å²) >= 11 is 0. The van der Waals surface area contributed by atoms with E-state index in [9.17, 15) is 9.18 Å². The van der Waals surface area contributed by atoms with Crippen molar-refractivity contribution in [2.45, 2.75) is 20.3 Å². The van der Waals surface area contributed by atoms with Crippen LogP contribution in [-0.4, -0.2) is 25.7 Å². The van der Waals surface area contributed by atoms with Crippen LogP contribution in [0.2, 0.25) is 0 Å². The van der Waals surface area contributed by atoms with Crippen LogP contribution in [0.3, 0.4) is 0 Å². The van der Waals surface area contributed by atoms with Gasteiger partial charge in [-0.1, -0.05) is 12.1 Å². The van der Waals surface area contributed by atoms with E-state index in [1.54, 1.807) is 25.1 Å². The molecule has 1 rings (SSSR count). The Morgan fingerprint density at radius 3 is 2.44 bits per heavy atom. The van der Waals surface area contributed by atoms with Gasteiger partial charge in [0.2, 0.25) is 0 Å². The van der Waals surface area contributed by atoms with Crippen LogP contribution in [0.4, 0.5) is 4.39 Å². The first kappa shape index (κ1) is 16.4. The summed E-state index contributed by atoms with van der Waals surface area (Å²) in [5.41, 5.74) is 5.06. The van der Waals surface area contributed by atoms with Crippen LogP contribution >= 0.6 is 0 Å². The third-order valence-corrected chi connectivity index (χ3v) is 1.79. The number of esters is 1. The molecule has 2 N–H and O–H groups in total. The van der Waals surface area contributed by atoms with Crippen molar-refractivity contribution in [1.29, 1.82) is 0 Å². The largest absolute Gasteiger partial charge is 0.491 e. The standard InChI is InChI=1S/C8H9FO.C5H11NO2/c1-2-10-8-6-4-3-5-7(8)9;1-2-8-5(7)3-4-6/h3-6H,2H2,1H3;2-4,6H2,1H3. The number of para-hydroxylation sites is 1. The molecular weight excluding hydrogens is 237 g/mol. The van der Waals surface area contributed by atoms with E-state index < -0.39 is 0 Å². The minimum absolute atomic E-state index is 0.213. The van der Waals surface area contributed by atoms with Gasteiger partial charge in [-0.05, 0) is 26.0 Å². The first-order valence-electron chi connectivity index (χ1n) is 5.88. The van der Waals surface area contributed by atoms with Crippen LogP contribution in [0.1, 0.15) is 20.3 Å². The molecule has 0 radical (unpaired) electrons. The fourth-order valence-electron chi connectivity index (χ4n) is 1.07. The summed E-state index contributed by atoms with van der Waals surface area (Å²) in [6.07, 6.45) is 0.327. The Morgan fingerprint density at radius 2 is 1.94 bits per heavy atom. The highest BCUT2D eigenvalue weighted by molar-refractivity contribution is 5.69. The second kappa shape index (κ2) is 10.5. The summed E-state index contributed by atoms with van der Waals surface area (Å²) in [6, 6.07) is 6.37. The third-order valence-electron chi connectivity index (χ3n) is 1.79. The molecule has 1 aromatic carbocycles. The van der Waals surface area contributed by atoms with E-state index in [-0.39, 0.29) is 11.8 Å². The normalized spacial score (nSPS) is 9.11. The minimum atomic E-state index is -0.302. The predicted octanol–water partition coefficient (Wildman–Crippen LogP) is 2.12. The number of carbonyl (C=O) groups excluding carboxylic acids is 1. The Hall–Kier alpha value is -1.62. The van der Waals surface area contributed by atoms with E-state index in [0.717, 1.165) is 0 Å². The van der Waals surface area contributed by atoms with E-state index in [1.807, 2.05) is 6.92 Å². The zero-order valence-electron chi connectivity index (χ0n) is 10.8. The number of carbonyl (C=O) groups is 1. The molecule has 102 valence electrons. The molecule has 0 heterocycles. The zero-order chi connectivity index (χ0) is 13.8. The Balaban J connectivity index is 0.000000331. The maximum atomic E-state index is 12.7. The molecule has 0 spiro atoms. The molecule has 0 unspecified atom stereocenters. The molecule has 1 aromatic rings. The highest BCUT2D eigenvalue weighted by Gasteiger charge is 1.97. The predicted molar refractivity (Wildman–Crippen MR) is 67.9 cm³/mol. The average molecular weight is 257 g/mol. The molecule has 4 nitrogen and oxygen atoms in total. The van der Waals surface area contributed by atoms with Crippen LogP contribution < -0.4 is 10.5 Å². The highest BCUT2D eigenvalue weighted by atomic mass is 19.1. The van der Waals surface area contributed by atoms with Crippen molar-refractivity contribution in [3.05, 3.63) is 30.1 Å². The van der Waals surface area contributed by atoms with E-state index >= 15 is 0 Å². The van der Waals surface area contributed by atoms with Gasteiger partial charge in [-0.3, -0.25) is 4.79 Å². The number of hydrogen-bond donors (Lipinski definition) is 1. The second-order valence-electron chi connectivity index (χ2n) is 3.21. The van der Waals surface area contributed by atoms with Crippen LogP contribution in [-0.2, 0) is 9.53 Å². The molecule has 0 saturated carbocycles. The Bertz CT molecular complexity index is 337. The van der Waals surface area contributed by atoms with Gasteiger partial charge in [0.25, 0.3) is 0 Å². The van der Waals surface area contributed by atoms with Crippen molar-refractivity contribution in [3.8, 4) is 5.75 Å². The summed E-state index contributed by atoms with van der Waals surface area (Å²) in [7, 11) is 0. The minimum Gasteiger partial charge on any atom is -0.491 e. The van der Waals surface area contributed by atoms with Gasteiger partial charge in [-0.25, -0.2) is 4.39 Å². The number of ether oxygens (including phenoxy) is 2. The third kappa shape index (κ3) is 7.62. The molecule has 5 heteroatoms. The quantitative estimate of drug-likeness (QED) is 0.821. The first-order valence-corrected chi connectivity index (χ1v) is 5.88. The van der Waals surface area contributed by atoms with Gasteiger partial charge in [0.15, 0.2) is 11.6 Å². The van der Waals surface area contributed by atoms with Gasteiger partial charge >= 0.3 is 5.97 Å². The summed E-state index contributed by atoms with van der Waals surface area (Å²) in [5.74, 6) is -0.190. The molecule has 0 amide bonds. The molecule has 0 atom stereocenters. The Labute approximate surface area is 107 Å². The van der Waals surface area contributed by atoms with Crippen molar-refractivity contribution in [1.82, 2.24) is 0 Å². The molecule has 0 aliphatic rings. The van der Waals surface area contributed by atoms with Gasteiger partial charge < -0.3 is 15.2 Å². The number of benzene rings is 1. The SMILES string of the molecule is CCOC(=O)CCN.CCOc1ccccc1F. The molecule has 0 aliphatic heterocycles. The second-order valence-corrected chi connectivity index (χ2v) is 3.21. The molecule has 0 aromatic heterocycles. The Kier molecular flexibility index (Phi) is 9.58. The van der Waals surface area contributed by atoms with Gasteiger partial charge in [-0.15, -0.1) is 0 Å². The van der Waals surface area contributed by atoms with Crippen LogP contribution in [0, 0.1) is 5.82 Å². The average Bonchev–Trinajstić information content (AvgIpc) is 2.34. The van der Waals surface area contributed by atoms with Crippen molar-refractivity contribution >= 4 is 5.97 Å². The zero-order valence-corrected chi connectivity index (χ0v) is 10.8. The van der Waals surface area contributed by atoms with E-state index in [4.69, 9.17) is 10.5 Å². The van der Waals surface area contributed by atoms with Crippen molar-refractivity contribution in [2.24, 2.45) is 5.73 Å². The van der Waals surface area contributed by atoms with E-state index in [1.165, 1.54) is 6.07 Å². The first-order chi connectivity index (χ1) is 8.65. The maximum absolute atomic E-state index is 12.7. The van der Waals surface area contributed by atoms with E-state index in [2.05, 4.69) is 4.74 Å². The fraction of sp³-hybridized carbons (Fsp3) is 0.462. The van der Waals surface area contributed by atoms with Gasteiger partial charge in [0.1, 0.15) is 0 Å². The van der Waals surface area contributed by atoms with Gasteiger partial charge in [-0.2, -0.15) is 0 Å². The van der Waals surface area contributed by atoms with Crippen LogP contribution in [0.15, 0.2) is 24.3 Å². The van der Waals surface area contributed by atoms with Crippen molar-refractivity contribution in [3.63, 3.8) is 0 Å². The van der Waals surface area contributed by atoms with Crippen LogP contribution in [0.5, 0.6) is 5.75 Å². The summed E-state index contributed by atoms with van der Waals surface area (Å²) < 4.78 is 22.2. The lowest BCUT2D eigenvalue weighted by Crippen LogP contribution is -2.10. The van der Waals surface area contributed by atoms with Gasteiger partial charge in [0.05, 0.1) is 19.6 Å². The van der Waals surface area contributed by atoms with E-state index in [0.29, 0.717) is 31.9 Å². The molecule has 18 heavy (non-hydrogen) atoms. The number of halogens is 1. The number of nitrogens with two attached hydrogens (primary N) is 1. The number of hydrogen-bond acceptors (Lipinski definition) is 4. The summed E-state index contributed by atoms with van der Waals surface area (Å²) in [6.45, 7) is 4.92. The summed E-state index contributed by atoms with van der Waals surface area (Å²) in [4.78, 5) is 10.3. The summed E-state index contributed by atoms with van der Waals surface area (Å²) in [5, 5.41) is 0. The molecule has 0 saturated heterocycles. The molecule has 0 aliphatic carbocycles. The van der Waals surface area contributed by atoms with Crippen molar-refractivity contribution < 1.29 is 18.7 Å². The van der Waals surface area contributed by atoms with Crippen LogP contribution in [0.25, 0.3) is 0 Å². The molecule has 0 bridgehead atoms. The molecule has 0 fully saturated rings. The lowest BCUT2D eigenvalue weighted by molar-refractivity contribution is -0.142. The Morgan fingerprint density at radius 1 is 1.28 bits per heavy atom. The highest BCUT2D eigenvalue weighted by Crippen LogP contribution is 2.14. The topological polar surface area (TPSA) is 61.5 Å². The number of rotatable bonds is 5. The lowest BCUT2D eigenvalue weighted by atomic mass is 10.3. The fourth-order valence-corrected chi connectivity index (χ4v) is 1.07. The monoisotopic (exact) mass is 257 g/mol. The smallest absolute Gasteiger partial charge is 0.307 e. The lowest BCUT2D eigenvalue weighted by Gasteiger charge is -2.01. The van der Waals surface area contributed by atoms with Gasteiger partial charge in [0, 0.05) is 6.54 Å². The molecular formula is C13H20FNO3.